The number of rotatable bonds is 2. The van der Waals surface area contributed by atoms with Crippen LogP contribution in [0.1, 0.15) is 63.7 Å². The molecule has 0 saturated heterocycles. The average Bonchev–Trinajstić information content (AvgIpc) is 2.13. The molecule has 17 heavy (non-hydrogen) atoms. The third-order valence-electron chi connectivity index (χ3n) is 2.97. The van der Waals surface area contributed by atoms with Crippen LogP contribution in [0, 0.1) is 12.3 Å². The quantitative estimate of drug-likeness (QED) is 0.828. The number of nitrogens with zero attached hydrogens (tertiary/aromatic N) is 1. The molecule has 0 amide bonds. The van der Waals surface area contributed by atoms with E-state index in [9.17, 15) is 4.79 Å². The zero-order valence-corrected chi connectivity index (χ0v) is 11.6. The number of aromatic amines is 1. The van der Waals surface area contributed by atoms with Gasteiger partial charge in [0, 0.05) is 11.3 Å². The van der Waals surface area contributed by atoms with Crippen molar-refractivity contribution in [1.29, 1.82) is 0 Å². The van der Waals surface area contributed by atoms with Crippen molar-refractivity contribution in [2.75, 3.05) is 0 Å². The number of nitrogens with one attached hydrogen (secondary N) is 1. The molecule has 1 aromatic heterocycles. The number of aryl methyl sites for hydroxylation is 1. The minimum absolute atomic E-state index is 0.0674. The van der Waals surface area contributed by atoms with Gasteiger partial charge in [-0.2, -0.15) is 0 Å². The molecule has 1 heterocycles. The number of aromatic nitrogens is 2. The minimum atomic E-state index is -0.268. The van der Waals surface area contributed by atoms with Gasteiger partial charge in [0.15, 0.2) is 0 Å². The highest BCUT2D eigenvalue weighted by molar-refractivity contribution is 5.21. The Labute approximate surface area is 103 Å². The van der Waals surface area contributed by atoms with E-state index in [1.54, 1.807) is 0 Å². The SMILES string of the molecule is Cc1nc(C(N)C(C)(C)C)[nH]c(=O)c1C(C)C. The van der Waals surface area contributed by atoms with E-state index < -0.39 is 0 Å². The van der Waals surface area contributed by atoms with Crippen molar-refractivity contribution in [3.05, 3.63) is 27.4 Å². The Bertz CT molecular complexity index is 455. The lowest BCUT2D eigenvalue weighted by atomic mass is 9.87. The Morgan fingerprint density at radius 2 is 1.82 bits per heavy atom. The number of H-pyrrole nitrogens is 1. The van der Waals surface area contributed by atoms with Crippen LogP contribution in [-0.2, 0) is 0 Å². The van der Waals surface area contributed by atoms with Crippen LogP contribution < -0.4 is 11.3 Å². The molecular weight excluding hydrogens is 214 g/mol. The highest BCUT2D eigenvalue weighted by Gasteiger charge is 2.25. The standard InChI is InChI=1S/C13H23N3O/c1-7(2)9-8(3)15-11(16-12(9)17)10(14)13(4,5)6/h7,10H,14H2,1-6H3,(H,15,16,17). The van der Waals surface area contributed by atoms with Gasteiger partial charge in [-0.15, -0.1) is 0 Å². The number of nitrogens with two attached hydrogens (primary N) is 1. The summed E-state index contributed by atoms with van der Waals surface area (Å²) in [7, 11) is 0. The molecule has 4 heteroatoms. The molecule has 1 atom stereocenters. The molecule has 0 aliphatic carbocycles. The smallest absolute Gasteiger partial charge is 0.254 e. The molecule has 96 valence electrons. The fourth-order valence-corrected chi connectivity index (χ4v) is 1.85. The van der Waals surface area contributed by atoms with E-state index in [1.165, 1.54) is 0 Å². The van der Waals surface area contributed by atoms with Gasteiger partial charge in [-0.05, 0) is 18.3 Å². The number of hydrogen-bond acceptors (Lipinski definition) is 3. The van der Waals surface area contributed by atoms with Crippen molar-refractivity contribution in [3.63, 3.8) is 0 Å². The molecule has 3 N–H and O–H groups in total. The summed E-state index contributed by atoms with van der Waals surface area (Å²) in [6.45, 7) is 11.9. The van der Waals surface area contributed by atoms with E-state index in [-0.39, 0.29) is 22.9 Å². The molecule has 0 saturated carbocycles. The highest BCUT2D eigenvalue weighted by Crippen LogP contribution is 2.28. The van der Waals surface area contributed by atoms with E-state index in [1.807, 2.05) is 41.5 Å². The second-order valence-electron chi connectivity index (χ2n) is 5.95. The molecule has 1 rings (SSSR count). The van der Waals surface area contributed by atoms with Crippen LogP contribution in [0.15, 0.2) is 4.79 Å². The zero-order chi connectivity index (χ0) is 13.4. The van der Waals surface area contributed by atoms with Crippen LogP contribution in [0.5, 0.6) is 0 Å². The summed E-state index contributed by atoms with van der Waals surface area (Å²) >= 11 is 0. The van der Waals surface area contributed by atoms with Crippen LogP contribution in [-0.4, -0.2) is 9.97 Å². The fourth-order valence-electron chi connectivity index (χ4n) is 1.85. The molecule has 0 radical (unpaired) electrons. The molecule has 0 bridgehead atoms. The normalized spacial score (nSPS) is 14.1. The molecule has 1 unspecified atom stereocenters. The van der Waals surface area contributed by atoms with Gasteiger partial charge in [0.25, 0.3) is 5.56 Å². The summed E-state index contributed by atoms with van der Waals surface area (Å²) in [5.74, 6) is 0.746. The van der Waals surface area contributed by atoms with Gasteiger partial charge in [0.05, 0.1) is 6.04 Å². The van der Waals surface area contributed by atoms with Crippen molar-refractivity contribution in [1.82, 2.24) is 9.97 Å². The van der Waals surface area contributed by atoms with Crippen LogP contribution in [0.4, 0.5) is 0 Å². The molecule has 0 spiro atoms. The molecular formula is C13H23N3O. The fraction of sp³-hybridized carbons (Fsp3) is 0.692. The Morgan fingerprint density at radius 3 is 2.18 bits per heavy atom. The molecule has 0 aliphatic heterocycles. The Kier molecular flexibility index (Phi) is 3.77. The van der Waals surface area contributed by atoms with Gasteiger partial charge in [0.1, 0.15) is 5.82 Å². The lowest BCUT2D eigenvalue weighted by Gasteiger charge is -2.26. The lowest BCUT2D eigenvalue weighted by molar-refractivity contribution is 0.314. The summed E-state index contributed by atoms with van der Waals surface area (Å²) in [6.07, 6.45) is 0. The van der Waals surface area contributed by atoms with Crippen molar-refractivity contribution >= 4 is 0 Å². The van der Waals surface area contributed by atoms with E-state index >= 15 is 0 Å². The van der Waals surface area contributed by atoms with Gasteiger partial charge in [-0.3, -0.25) is 4.79 Å². The van der Waals surface area contributed by atoms with Gasteiger partial charge in [-0.1, -0.05) is 34.6 Å². The largest absolute Gasteiger partial charge is 0.321 e. The van der Waals surface area contributed by atoms with Gasteiger partial charge in [0.2, 0.25) is 0 Å². The first kappa shape index (κ1) is 13.9. The summed E-state index contributed by atoms with van der Waals surface area (Å²) in [5.41, 5.74) is 7.43. The Morgan fingerprint density at radius 1 is 1.29 bits per heavy atom. The molecule has 0 fully saturated rings. The van der Waals surface area contributed by atoms with E-state index in [2.05, 4.69) is 9.97 Å². The van der Waals surface area contributed by atoms with Crippen molar-refractivity contribution < 1.29 is 0 Å². The Balaban J connectivity index is 3.29. The third kappa shape index (κ3) is 2.94. The summed E-state index contributed by atoms with van der Waals surface area (Å²) < 4.78 is 0. The van der Waals surface area contributed by atoms with Crippen LogP contribution in [0.25, 0.3) is 0 Å². The van der Waals surface area contributed by atoms with E-state index in [4.69, 9.17) is 5.73 Å². The highest BCUT2D eigenvalue weighted by atomic mass is 16.1. The van der Waals surface area contributed by atoms with E-state index in [0.29, 0.717) is 5.82 Å². The first-order chi connectivity index (χ1) is 7.64. The lowest BCUT2D eigenvalue weighted by Crippen LogP contribution is -2.31. The maximum Gasteiger partial charge on any atom is 0.254 e. The van der Waals surface area contributed by atoms with Crippen LogP contribution >= 0.6 is 0 Å². The molecule has 4 nitrogen and oxygen atoms in total. The third-order valence-corrected chi connectivity index (χ3v) is 2.97. The maximum atomic E-state index is 12.0. The first-order valence-electron chi connectivity index (χ1n) is 6.01. The van der Waals surface area contributed by atoms with E-state index in [0.717, 1.165) is 11.3 Å². The predicted molar refractivity (Wildman–Crippen MR) is 70.1 cm³/mol. The first-order valence-corrected chi connectivity index (χ1v) is 6.01. The Hall–Kier alpha value is -1.16. The van der Waals surface area contributed by atoms with Crippen molar-refractivity contribution in [2.45, 2.75) is 53.5 Å². The summed E-state index contributed by atoms with van der Waals surface area (Å²) in [6, 6.07) is -0.268. The maximum absolute atomic E-state index is 12.0. The van der Waals surface area contributed by atoms with Crippen molar-refractivity contribution in [2.24, 2.45) is 11.1 Å². The molecule has 0 aliphatic rings. The summed E-state index contributed by atoms with van der Waals surface area (Å²) in [4.78, 5) is 19.2. The molecule has 1 aromatic rings. The zero-order valence-electron chi connectivity index (χ0n) is 11.6. The van der Waals surface area contributed by atoms with Crippen LogP contribution in [0.2, 0.25) is 0 Å². The second-order valence-corrected chi connectivity index (χ2v) is 5.95. The second kappa shape index (κ2) is 4.61. The van der Waals surface area contributed by atoms with Gasteiger partial charge >= 0.3 is 0 Å². The monoisotopic (exact) mass is 237 g/mol. The van der Waals surface area contributed by atoms with Gasteiger partial charge < -0.3 is 10.7 Å². The van der Waals surface area contributed by atoms with Crippen molar-refractivity contribution in [3.8, 4) is 0 Å². The minimum Gasteiger partial charge on any atom is -0.321 e. The molecule has 0 aromatic carbocycles. The number of hydrogen-bond donors (Lipinski definition) is 2. The van der Waals surface area contributed by atoms with Gasteiger partial charge in [-0.25, -0.2) is 4.98 Å². The summed E-state index contributed by atoms with van der Waals surface area (Å²) in [5, 5.41) is 0. The average molecular weight is 237 g/mol. The van der Waals surface area contributed by atoms with Crippen LogP contribution in [0.3, 0.4) is 0 Å². The topological polar surface area (TPSA) is 71.8 Å². The predicted octanol–water partition coefficient (Wildman–Crippen LogP) is 2.25.